The molecule has 0 spiro atoms. The summed E-state index contributed by atoms with van der Waals surface area (Å²) in [6, 6.07) is 11.9. The highest BCUT2D eigenvalue weighted by Gasteiger charge is 2.07. The molecule has 96 valence electrons. The van der Waals surface area contributed by atoms with E-state index >= 15 is 0 Å². The molecule has 3 aromatic rings. The number of aromatic nitrogens is 3. The molecular weight excluding hydrogens is 306 g/mol. The van der Waals surface area contributed by atoms with Gasteiger partial charge in [0.25, 0.3) is 0 Å². The Morgan fingerprint density at radius 1 is 1.21 bits per heavy atom. The lowest BCUT2D eigenvalue weighted by Gasteiger charge is -2.03. The van der Waals surface area contributed by atoms with Gasteiger partial charge in [0.1, 0.15) is 11.6 Å². The molecule has 0 saturated carbocycles. The SMILES string of the molecule is COc1cccc(Cc2nnc3cc(Br)ccn23)c1. The van der Waals surface area contributed by atoms with Crippen LogP contribution in [0.4, 0.5) is 0 Å². The van der Waals surface area contributed by atoms with E-state index in [1.165, 1.54) is 0 Å². The number of halogens is 1. The van der Waals surface area contributed by atoms with Gasteiger partial charge in [0.05, 0.1) is 7.11 Å². The average Bonchev–Trinajstić information content (AvgIpc) is 2.81. The van der Waals surface area contributed by atoms with Crippen LogP contribution in [-0.2, 0) is 6.42 Å². The molecule has 1 aromatic carbocycles. The van der Waals surface area contributed by atoms with Gasteiger partial charge in [-0.3, -0.25) is 4.40 Å². The molecule has 0 fully saturated rings. The van der Waals surface area contributed by atoms with Gasteiger partial charge >= 0.3 is 0 Å². The van der Waals surface area contributed by atoms with Gasteiger partial charge in [-0.2, -0.15) is 0 Å². The lowest BCUT2D eigenvalue weighted by molar-refractivity contribution is 0.414. The summed E-state index contributed by atoms with van der Waals surface area (Å²) in [7, 11) is 1.67. The highest BCUT2D eigenvalue weighted by molar-refractivity contribution is 9.10. The maximum Gasteiger partial charge on any atom is 0.161 e. The molecule has 2 heterocycles. The monoisotopic (exact) mass is 317 g/mol. The van der Waals surface area contributed by atoms with Crippen molar-refractivity contribution in [2.45, 2.75) is 6.42 Å². The van der Waals surface area contributed by atoms with Gasteiger partial charge in [-0.05, 0) is 29.8 Å². The minimum absolute atomic E-state index is 0.722. The van der Waals surface area contributed by atoms with Crippen molar-refractivity contribution >= 4 is 21.6 Å². The molecule has 0 aliphatic carbocycles. The minimum Gasteiger partial charge on any atom is -0.497 e. The summed E-state index contributed by atoms with van der Waals surface area (Å²) in [5.41, 5.74) is 1.99. The first-order valence-corrected chi connectivity index (χ1v) is 6.67. The van der Waals surface area contributed by atoms with Crippen LogP contribution in [0.5, 0.6) is 5.75 Å². The van der Waals surface area contributed by atoms with E-state index in [4.69, 9.17) is 4.74 Å². The molecule has 4 nitrogen and oxygen atoms in total. The van der Waals surface area contributed by atoms with Gasteiger partial charge in [0.2, 0.25) is 0 Å². The second kappa shape index (κ2) is 5.01. The summed E-state index contributed by atoms with van der Waals surface area (Å²) in [5, 5.41) is 8.41. The summed E-state index contributed by atoms with van der Waals surface area (Å²) in [5.74, 6) is 1.77. The van der Waals surface area contributed by atoms with Crippen LogP contribution in [0, 0.1) is 0 Å². The summed E-state index contributed by atoms with van der Waals surface area (Å²) in [6.07, 6.45) is 2.69. The Kier molecular flexibility index (Phi) is 3.21. The molecule has 0 saturated heterocycles. The third-order valence-electron chi connectivity index (χ3n) is 2.94. The van der Waals surface area contributed by atoms with Crippen LogP contribution in [0.3, 0.4) is 0 Å². The number of ether oxygens (including phenoxy) is 1. The molecule has 5 heteroatoms. The van der Waals surface area contributed by atoms with Crippen LogP contribution in [0.25, 0.3) is 5.65 Å². The smallest absolute Gasteiger partial charge is 0.161 e. The molecule has 2 aromatic heterocycles. The van der Waals surface area contributed by atoms with Gasteiger partial charge < -0.3 is 4.74 Å². The van der Waals surface area contributed by atoms with Crippen molar-refractivity contribution in [1.29, 1.82) is 0 Å². The van der Waals surface area contributed by atoms with E-state index in [-0.39, 0.29) is 0 Å². The van der Waals surface area contributed by atoms with Gasteiger partial charge in [-0.15, -0.1) is 10.2 Å². The molecule has 19 heavy (non-hydrogen) atoms. The first-order chi connectivity index (χ1) is 9.26. The number of methoxy groups -OCH3 is 1. The molecular formula is C14H12BrN3O. The van der Waals surface area contributed by atoms with Gasteiger partial charge in [0.15, 0.2) is 5.65 Å². The quantitative estimate of drug-likeness (QED) is 0.745. The highest BCUT2D eigenvalue weighted by atomic mass is 79.9. The normalized spacial score (nSPS) is 10.8. The zero-order chi connectivity index (χ0) is 13.2. The number of nitrogens with zero attached hydrogens (tertiary/aromatic N) is 3. The fourth-order valence-electron chi connectivity index (χ4n) is 2.00. The molecule has 0 bridgehead atoms. The van der Waals surface area contributed by atoms with E-state index in [0.717, 1.165) is 33.7 Å². The molecule has 0 N–H and O–H groups in total. The van der Waals surface area contributed by atoms with E-state index in [9.17, 15) is 0 Å². The van der Waals surface area contributed by atoms with E-state index < -0.39 is 0 Å². The first-order valence-electron chi connectivity index (χ1n) is 5.88. The lowest BCUT2D eigenvalue weighted by atomic mass is 10.1. The third kappa shape index (κ3) is 2.46. The van der Waals surface area contributed by atoms with E-state index in [1.807, 2.05) is 40.9 Å². The van der Waals surface area contributed by atoms with Crippen LogP contribution < -0.4 is 4.74 Å². The Hall–Kier alpha value is -1.88. The third-order valence-corrected chi connectivity index (χ3v) is 3.43. The Labute approximate surface area is 119 Å². The fraction of sp³-hybridized carbons (Fsp3) is 0.143. The zero-order valence-electron chi connectivity index (χ0n) is 10.4. The molecule has 0 aliphatic rings. The summed E-state index contributed by atoms with van der Waals surface area (Å²) < 4.78 is 8.22. The van der Waals surface area contributed by atoms with Crippen molar-refractivity contribution in [1.82, 2.24) is 14.6 Å². The van der Waals surface area contributed by atoms with Gasteiger partial charge in [-0.1, -0.05) is 28.1 Å². The van der Waals surface area contributed by atoms with Crippen molar-refractivity contribution in [2.24, 2.45) is 0 Å². The topological polar surface area (TPSA) is 39.4 Å². The Morgan fingerprint density at radius 3 is 2.95 bits per heavy atom. The molecule has 0 amide bonds. The van der Waals surface area contributed by atoms with Crippen molar-refractivity contribution in [3.8, 4) is 5.75 Å². The number of hydrogen-bond acceptors (Lipinski definition) is 3. The molecule has 0 aliphatic heterocycles. The van der Waals surface area contributed by atoms with Crippen LogP contribution in [0.2, 0.25) is 0 Å². The van der Waals surface area contributed by atoms with Crippen LogP contribution in [0.15, 0.2) is 47.1 Å². The number of rotatable bonds is 3. The number of benzene rings is 1. The van der Waals surface area contributed by atoms with Crippen molar-refractivity contribution in [2.75, 3.05) is 7.11 Å². The van der Waals surface area contributed by atoms with E-state index in [0.29, 0.717) is 0 Å². The Balaban J connectivity index is 1.96. The van der Waals surface area contributed by atoms with Crippen molar-refractivity contribution < 1.29 is 4.74 Å². The standard InChI is InChI=1S/C14H12BrN3O/c1-19-12-4-2-3-10(7-12)8-13-16-17-14-9-11(15)5-6-18(13)14/h2-7,9H,8H2,1H3. The van der Waals surface area contributed by atoms with Crippen LogP contribution in [-0.4, -0.2) is 21.7 Å². The molecule has 0 radical (unpaired) electrons. The number of fused-ring (bicyclic) bond motifs is 1. The van der Waals surface area contributed by atoms with E-state index in [2.05, 4.69) is 32.2 Å². The second-order valence-electron chi connectivity index (χ2n) is 4.22. The maximum atomic E-state index is 5.23. The van der Waals surface area contributed by atoms with Crippen LogP contribution >= 0.6 is 15.9 Å². The molecule has 0 atom stereocenters. The maximum absolute atomic E-state index is 5.23. The van der Waals surface area contributed by atoms with Crippen molar-refractivity contribution in [3.63, 3.8) is 0 Å². The van der Waals surface area contributed by atoms with Crippen LogP contribution in [0.1, 0.15) is 11.4 Å². The summed E-state index contributed by atoms with van der Waals surface area (Å²) in [6.45, 7) is 0. The largest absolute Gasteiger partial charge is 0.497 e. The van der Waals surface area contributed by atoms with E-state index in [1.54, 1.807) is 7.11 Å². The van der Waals surface area contributed by atoms with Gasteiger partial charge in [-0.25, -0.2) is 0 Å². The predicted octanol–water partition coefficient (Wildman–Crippen LogP) is 3.09. The number of hydrogen-bond donors (Lipinski definition) is 0. The summed E-state index contributed by atoms with van der Waals surface area (Å²) in [4.78, 5) is 0. The second-order valence-corrected chi connectivity index (χ2v) is 5.13. The number of pyridine rings is 1. The first kappa shape index (κ1) is 12.2. The Morgan fingerprint density at radius 2 is 2.11 bits per heavy atom. The average molecular weight is 318 g/mol. The van der Waals surface area contributed by atoms with Gasteiger partial charge in [0, 0.05) is 17.1 Å². The fourth-order valence-corrected chi connectivity index (χ4v) is 2.32. The summed E-state index contributed by atoms with van der Waals surface area (Å²) >= 11 is 3.43. The Bertz CT molecular complexity index is 724. The van der Waals surface area contributed by atoms with Crippen molar-refractivity contribution in [3.05, 3.63) is 58.5 Å². The molecule has 0 unspecified atom stereocenters. The predicted molar refractivity (Wildman–Crippen MR) is 76.5 cm³/mol. The minimum atomic E-state index is 0.722. The zero-order valence-corrected chi connectivity index (χ0v) is 12.0. The highest BCUT2D eigenvalue weighted by Crippen LogP contribution is 2.17. The molecule has 3 rings (SSSR count). The lowest BCUT2D eigenvalue weighted by Crippen LogP contribution is -1.96.